The maximum atomic E-state index is 6.23. The van der Waals surface area contributed by atoms with E-state index < -0.39 is 0 Å². The van der Waals surface area contributed by atoms with E-state index in [0.29, 0.717) is 15.8 Å². The number of nitrogens with one attached hydrogen (secondary N) is 1. The van der Waals surface area contributed by atoms with Crippen molar-refractivity contribution in [3.8, 4) is 5.75 Å². The Morgan fingerprint density at radius 2 is 2.16 bits per heavy atom. The summed E-state index contributed by atoms with van der Waals surface area (Å²) >= 11 is 12.3. The summed E-state index contributed by atoms with van der Waals surface area (Å²) in [5.74, 6) is 6.29. The average molecular weight is 301 g/mol. The van der Waals surface area contributed by atoms with Gasteiger partial charge in [0, 0.05) is 7.05 Å². The van der Waals surface area contributed by atoms with Gasteiger partial charge in [-0.05, 0) is 11.6 Å². The molecule has 5 nitrogen and oxygen atoms in total. The summed E-state index contributed by atoms with van der Waals surface area (Å²) in [7, 11) is 3.38. The molecule has 102 valence electrons. The number of aromatic nitrogens is 2. The van der Waals surface area contributed by atoms with Crippen molar-refractivity contribution in [1.82, 2.24) is 15.2 Å². The van der Waals surface area contributed by atoms with Crippen LogP contribution in [-0.4, -0.2) is 16.9 Å². The fourth-order valence-corrected chi connectivity index (χ4v) is 2.39. The van der Waals surface area contributed by atoms with E-state index in [1.54, 1.807) is 31.1 Å². The molecule has 0 saturated heterocycles. The lowest BCUT2D eigenvalue weighted by Gasteiger charge is -2.19. The van der Waals surface area contributed by atoms with E-state index in [-0.39, 0.29) is 6.04 Å². The van der Waals surface area contributed by atoms with Gasteiger partial charge >= 0.3 is 0 Å². The predicted molar refractivity (Wildman–Crippen MR) is 75.4 cm³/mol. The first-order valence-corrected chi connectivity index (χ1v) is 6.31. The number of halogens is 2. The lowest BCUT2D eigenvalue weighted by molar-refractivity contribution is 0.401. The number of rotatable bonds is 4. The Hall–Kier alpha value is -1.27. The molecule has 2 rings (SSSR count). The van der Waals surface area contributed by atoms with Crippen LogP contribution in [0.25, 0.3) is 0 Å². The summed E-state index contributed by atoms with van der Waals surface area (Å²) in [6, 6.07) is 5.03. The third-order valence-electron chi connectivity index (χ3n) is 2.90. The second-order valence-corrected chi connectivity index (χ2v) is 4.75. The third-order valence-corrected chi connectivity index (χ3v) is 3.74. The molecule has 1 atom stereocenters. The summed E-state index contributed by atoms with van der Waals surface area (Å²) in [6.45, 7) is 0. The van der Waals surface area contributed by atoms with Crippen LogP contribution in [0.15, 0.2) is 24.4 Å². The van der Waals surface area contributed by atoms with E-state index in [2.05, 4.69) is 10.5 Å². The Kier molecular flexibility index (Phi) is 4.31. The number of nitrogens with zero attached hydrogens (tertiary/aromatic N) is 2. The first kappa shape index (κ1) is 14.1. The molecule has 1 aromatic heterocycles. The van der Waals surface area contributed by atoms with Gasteiger partial charge in [0.25, 0.3) is 0 Å². The number of benzene rings is 1. The van der Waals surface area contributed by atoms with Crippen molar-refractivity contribution in [3.63, 3.8) is 0 Å². The van der Waals surface area contributed by atoms with E-state index in [1.807, 2.05) is 12.1 Å². The standard InChI is InChI=1S/C12H14Cl2N4O/c1-18-12(9(19-2)6-16-18)11(17-15)7-4-3-5-8(13)10(7)14/h3-6,11,17H,15H2,1-2H3. The van der Waals surface area contributed by atoms with Crippen LogP contribution in [0.5, 0.6) is 5.75 Å². The molecular weight excluding hydrogens is 287 g/mol. The van der Waals surface area contributed by atoms with Crippen LogP contribution in [0, 0.1) is 0 Å². The van der Waals surface area contributed by atoms with E-state index in [4.69, 9.17) is 33.8 Å². The molecule has 2 aromatic rings. The van der Waals surface area contributed by atoms with Crippen molar-refractivity contribution >= 4 is 23.2 Å². The molecule has 19 heavy (non-hydrogen) atoms. The minimum Gasteiger partial charge on any atom is -0.493 e. The molecule has 0 aliphatic heterocycles. The minimum atomic E-state index is -0.367. The first-order valence-electron chi connectivity index (χ1n) is 5.56. The second kappa shape index (κ2) is 5.79. The maximum Gasteiger partial charge on any atom is 0.161 e. The molecule has 3 N–H and O–H groups in total. The summed E-state index contributed by atoms with van der Waals surface area (Å²) in [5.41, 5.74) is 4.26. The molecule has 0 bridgehead atoms. The van der Waals surface area contributed by atoms with Crippen LogP contribution in [0.2, 0.25) is 10.0 Å². The molecule has 0 spiro atoms. The molecule has 7 heteroatoms. The number of ether oxygens (including phenoxy) is 1. The van der Waals surface area contributed by atoms with Gasteiger partial charge in [-0.1, -0.05) is 35.3 Å². The lowest BCUT2D eigenvalue weighted by Crippen LogP contribution is -2.31. The van der Waals surface area contributed by atoms with Crippen LogP contribution < -0.4 is 16.0 Å². The molecule has 0 amide bonds. The topological polar surface area (TPSA) is 65.1 Å². The van der Waals surface area contributed by atoms with E-state index >= 15 is 0 Å². The number of hydrazine groups is 1. The molecule has 1 aromatic carbocycles. The average Bonchev–Trinajstić information content (AvgIpc) is 2.77. The van der Waals surface area contributed by atoms with Gasteiger partial charge in [-0.15, -0.1) is 0 Å². The van der Waals surface area contributed by atoms with Crippen LogP contribution >= 0.6 is 23.2 Å². The van der Waals surface area contributed by atoms with Crippen molar-refractivity contribution in [2.45, 2.75) is 6.04 Å². The molecule has 0 fully saturated rings. The van der Waals surface area contributed by atoms with Crippen LogP contribution in [-0.2, 0) is 7.05 Å². The van der Waals surface area contributed by atoms with Crippen LogP contribution in [0.1, 0.15) is 17.3 Å². The molecular formula is C12H14Cl2N4O. The summed E-state index contributed by atoms with van der Waals surface area (Å²) < 4.78 is 6.97. The Balaban J connectivity index is 2.56. The second-order valence-electron chi connectivity index (χ2n) is 3.96. The quantitative estimate of drug-likeness (QED) is 0.672. The number of hydrogen-bond donors (Lipinski definition) is 2. The highest BCUT2D eigenvalue weighted by Gasteiger charge is 2.24. The fraction of sp³-hybridized carbons (Fsp3) is 0.250. The van der Waals surface area contributed by atoms with Gasteiger partial charge in [0.2, 0.25) is 0 Å². The normalized spacial score (nSPS) is 12.5. The lowest BCUT2D eigenvalue weighted by atomic mass is 10.0. The molecule has 0 aliphatic carbocycles. The monoisotopic (exact) mass is 300 g/mol. The zero-order valence-electron chi connectivity index (χ0n) is 10.5. The van der Waals surface area contributed by atoms with Gasteiger partial charge in [-0.25, -0.2) is 5.43 Å². The van der Waals surface area contributed by atoms with Crippen LogP contribution in [0.3, 0.4) is 0 Å². The minimum absolute atomic E-state index is 0.367. The molecule has 1 heterocycles. The van der Waals surface area contributed by atoms with Crippen molar-refractivity contribution in [2.75, 3.05) is 7.11 Å². The Bertz CT molecular complexity index is 585. The first-order chi connectivity index (χ1) is 9.10. The summed E-state index contributed by atoms with van der Waals surface area (Å²) in [6.07, 6.45) is 1.62. The largest absolute Gasteiger partial charge is 0.493 e. The zero-order chi connectivity index (χ0) is 14.0. The predicted octanol–water partition coefficient (Wildman–Crippen LogP) is 2.29. The molecule has 0 saturated carbocycles. The highest BCUT2D eigenvalue weighted by Crippen LogP contribution is 2.35. The Labute approximate surface area is 121 Å². The Morgan fingerprint density at radius 1 is 1.42 bits per heavy atom. The van der Waals surface area contributed by atoms with Gasteiger partial charge in [0.05, 0.1) is 29.4 Å². The number of aryl methyl sites for hydroxylation is 1. The van der Waals surface area contributed by atoms with Gasteiger partial charge < -0.3 is 4.74 Å². The van der Waals surface area contributed by atoms with Gasteiger partial charge in [-0.2, -0.15) is 5.10 Å². The zero-order valence-corrected chi connectivity index (χ0v) is 12.0. The van der Waals surface area contributed by atoms with E-state index in [0.717, 1.165) is 11.3 Å². The van der Waals surface area contributed by atoms with E-state index in [9.17, 15) is 0 Å². The van der Waals surface area contributed by atoms with E-state index in [1.165, 1.54) is 0 Å². The van der Waals surface area contributed by atoms with Crippen molar-refractivity contribution in [1.29, 1.82) is 0 Å². The SMILES string of the molecule is COc1cnn(C)c1C(NN)c1cccc(Cl)c1Cl. The summed E-state index contributed by atoms with van der Waals surface area (Å²) in [5, 5.41) is 5.08. The van der Waals surface area contributed by atoms with Crippen molar-refractivity contribution in [2.24, 2.45) is 12.9 Å². The highest BCUT2D eigenvalue weighted by atomic mass is 35.5. The summed E-state index contributed by atoms with van der Waals surface area (Å²) in [4.78, 5) is 0. The highest BCUT2D eigenvalue weighted by molar-refractivity contribution is 6.42. The van der Waals surface area contributed by atoms with Gasteiger partial charge in [0.1, 0.15) is 5.69 Å². The van der Waals surface area contributed by atoms with Crippen molar-refractivity contribution in [3.05, 3.63) is 45.7 Å². The maximum absolute atomic E-state index is 6.23. The molecule has 1 unspecified atom stereocenters. The number of methoxy groups -OCH3 is 1. The van der Waals surface area contributed by atoms with Crippen LogP contribution in [0.4, 0.5) is 0 Å². The third kappa shape index (κ3) is 2.55. The smallest absolute Gasteiger partial charge is 0.161 e. The Morgan fingerprint density at radius 3 is 2.79 bits per heavy atom. The van der Waals surface area contributed by atoms with Gasteiger partial charge in [-0.3, -0.25) is 10.5 Å². The molecule has 0 radical (unpaired) electrons. The molecule has 0 aliphatic rings. The fourth-order valence-electron chi connectivity index (χ4n) is 1.97. The number of hydrogen-bond acceptors (Lipinski definition) is 4. The van der Waals surface area contributed by atoms with Crippen molar-refractivity contribution < 1.29 is 4.74 Å². The number of nitrogens with two attached hydrogens (primary N) is 1. The van der Waals surface area contributed by atoms with Gasteiger partial charge in [0.15, 0.2) is 5.75 Å².